The van der Waals surface area contributed by atoms with Crippen LogP contribution in [0.1, 0.15) is 0 Å². The molecule has 3 aromatic heterocycles. The van der Waals surface area contributed by atoms with Crippen LogP contribution in [-0.4, -0.2) is 14.5 Å². The molecule has 19 heavy (non-hydrogen) atoms. The first-order valence-electron chi connectivity index (χ1n) is 6.11. The van der Waals surface area contributed by atoms with Crippen molar-refractivity contribution in [3.63, 3.8) is 0 Å². The average Bonchev–Trinajstić information content (AvgIpc) is 2.74. The summed E-state index contributed by atoms with van der Waals surface area (Å²) in [7, 11) is 1.96. The molecule has 0 unspecified atom stereocenters. The summed E-state index contributed by atoms with van der Waals surface area (Å²) >= 11 is 0. The van der Waals surface area contributed by atoms with Gasteiger partial charge < -0.3 is 9.55 Å². The van der Waals surface area contributed by atoms with Crippen LogP contribution in [0.2, 0.25) is 0 Å². The molecule has 4 heteroatoms. The van der Waals surface area contributed by atoms with Gasteiger partial charge in [-0.2, -0.15) is 0 Å². The van der Waals surface area contributed by atoms with Crippen LogP contribution < -0.4 is 5.56 Å². The maximum absolute atomic E-state index is 12.2. The highest BCUT2D eigenvalue weighted by atomic mass is 16.1. The lowest BCUT2D eigenvalue weighted by Gasteiger charge is -2.00. The van der Waals surface area contributed by atoms with Gasteiger partial charge in [-0.15, -0.1) is 0 Å². The number of nitrogens with zero attached hydrogens (tertiary/aromatic N) is 2. The Kier molecular flexibility index (Phi) is 1.87. The molecule has 4 aromatic rings. The second-order valence-corrected chi connectivity index (χ2v) is 4.66. The van der Waals surface area contributed by atoms with Crippen LogP contribution in [0.15, 0.2) is 47.5 Å². The zero-order valence-corrected chi connectivity index (χ0v) is 10.3. The largest absolute Gasteiger partial charge is 0.342 e. The lowest BCUT2D eigenvalue weighted by Crippen LogP contribution is -2.03. The molecule has 0 radical (unpaired) electrons. The molecule has 4 nitrogen and oxygen atoms in total. The molecule has 0 aliphatic rings. The van der Waals surface area contributed by atoms with E-state index in [0.717, 1.165) is 32.7 Å². The molecule has 0 atom stereocenters. The fourth-order valence-electron chi connectivity index (χ4n) is 2.77. The summed E-state index contributed by atoms with van der Waals surface area (Å²) in [6.07, 6.45) is 3.51. The Labute approximate surface area is 108 Å². The van der Waals surface area contributed by atoms with E-state index in [1.54, 1.807) is 6.20 Å². The number of aromatic nitrogens is 3. The van der Waals surface area contributed by atoms with Gasteiger partial charge in [0.2, 0.25) is 0 Å². The van der Waals surface area contributed by atoms with E-state index in [-0.39, 0.29) is 5.56 Å². The second kappa shape index (κ2) is 3.45. The van der Waals surface area contributed by atoms with Crippen molar-refractivity contribution in [1.82, 2.24) is 14.5 Å². The highest BCUT2D eigenvalue weighted by molar-refractivity contribution is 6.19. The first-order chi connectivity index (χ1) is 9.27. The lowest BCUT2D eigenvalue weighted by atomic mass is 10.1. The van der Waals surface area contributed by atoms with E-state index in [9.17, 15) is 4.79 Å². The number of aromatic amines is 1. The Balaban J connectivity index is 2.47. The van der Waals surface area contributed by atoms with E-state index in [4.69, 9.17) is 0 Å². The molecule has 0 saturated carbocycles. The predicted octanol–water partition coefficient (Wildman–Crippen LogP) is 2.57. The van der Waals surface area contributed by atoms with E-state index < -0.39 is 0 Å². The Morgan fingerprint density at radius 1 is 1.11 bits per heavy atom. The number of rotatable bonds is 0. The molecule has 0 aliphatic carbocycles. The number of pyridine rings is 2. The Morgan fingerprint density at radius 2 is 1.95 bits per heavy atom. The summed E-state index contributed by atoms with van der Waals surface area (Å²) in [6.45, 7) is 0. The molecule has 0 fully saturated rings. The van der Waals surface area contributed by atoms with Crippen molar-refractivity contribution in [1.29, 1.82) is 0 Å². The Morgan fingerprint density at radius 3 is 2.84 bits per heavy atom. The molecule has 0 amide bonds. The predicted molar refractivity (Wildman–Crippen MR) is 76.3 cm³/mol. The fourth-order valence-corrected chi connectivity index (χ4v) is 2.77. The summed E-state index contributed by atoms with van der Waals surface area (Å²) in [6, 6.07) is 9.82. The van der Waals surface area contributed by atoms with Crippen molar-refractivity contribution >= 4 is 32.7 Å². The van der Waals surface area contributed by atoms with Gasteiger partial charge in [-0.1, -0.05) is 18.2 Å². The maximum atomic E-state index is 12.2. The summed E-state index contributed by atoms with van der Waals surface area (Å²) < 4.78 is 2.01. The summed E-state index contributed by atoms with van der Waals surface area (Å²) in [5.74, 6) is 0. The maximum Gasteiger partial charge on any atom is 0.258 e. The Bertz CT molecular complexity index is 995. The van der Waals surface area contributed by atoms with E-state index >= 15 is 0 Å². The number of benzene rings is 1. The minimum Gasteiger partial charge on any atom is -0.342 e. The van der Waals surface area contributed by atoms with Crippen LogP contribution in [0.3, 0.4) is 0 Å². The Hall–Kier alpha value is -2.62. The summed E-state index contributed by atoms with van der Waals surface area (Å²) in [5.41, 5.74) is 2.76. The number of hydrogen-bond donors (Lipinski definition) is 1. The minimum absolute atomic E-state index is 0.0561. The third-order valence-electron chi connectivity index (χ3n) is 3.67. The number of H-pyrrole nitrogens is 1. The number of fused-ring (bicyclic) bond motifs is 5. The van der Waals surface area contributed by atoms with Gasteiger partial charge in [0.15, 0.2) is 0 Å². The highest BCUT2D eigenvalue weighted by Crippen LogP contribution is 2.30. The molecule has 4 rings (SSSR count). The first kappa shape index (κ1) is 10.3. The van der Waals surface area contributed by atoms with E-state index in [1.165, 1.54) is 0 Å². The zero-order chi connectivity index (χ0) is 13.0. The third kappa shape index (κ3) is 1.23. The van der Waals surface area contributed by atoms with Crippen molar-refractivity contribution in [2.24, 2.45) is 7.05 Å². The third-order valence-corrected chi connectivity index (χ3v) is 3.67. The molecular weight excluding hydrogens is 238 g/mol. The fraction of sp³-hybridized carbons (Fsp3) is 0.0667. The van der Waals surface area contributed by atoms with Gasteiger partial charge >= 0.3 is 0 Å². The minimum atomic E-state index is -0.0561. The monoisotopic (exact) mass is 249 g/mol. The molecule has 1 N–H and O–H groups in total. The van der Waals surface area contributed by atoms with Gasteiger partial charge in [0.05, 0.1) is 28.1 Å². The molecule has 0 bridgehead atoms. The molecule has 0 spiro atoms. The normalized spacial score (nSPS) is 11.6. The number of aryl methyl sites for hydroxylation is 1. The van der Waals surface area contributed by atoms with Crippen LogP contribution in [-0.2, 0) is 7.05 Å². The molecule has 92 valence electrons. The van der Waals surface area contributed by atoms with Crippen molar-refractivity contribution in [2.45, 2.75) is 0 Å². The molecule has 0 saturated heterocycles. The summed E-state index contributed by atoms with van der Waals surface area (Å²) in [4.78, 5) is 19.4. The van der Waals surface area contributed by atoms with Gasteiger partial charge in [0.25, 0.3) is 5.56 Å². The zero-order valence-electron chi connectivity index (χ0n) is 10.3. The first-order valence-corrected chi connectivity index (χ1v) is 6.11. The van der Waals surface area contributed by atoms with Gasteiger partial charge in [-0.25, -0.2) is 0 Å². The van der Waals surface area contributed by atoms with Crippen LogP contribution in [0.25, 0.3) is 32.7 Å². The topological polar surface area (TPSA) is 50.7 Å². The average molecular weight is 249 g/mol. The summed E-state index contributed by atoms with van der Waals surface area (Å²) in [5, 5.41) is 2.73. The standard InChI is InChI=1S/C15H11N3O/c1-18-11-6-7-16-15(19)14(11)13-9-4-2-3-5-10(9)17-8-12(13)18/h2-8H,1H3,(H,16,19). The van der Waals surface area contributed by atoms with Crippen molar-refractivity contribution in [3.05, 3.63) is 53.1 Å². The molecule has 1 aromatic carbocycles. The SMILES string of the molecule is Cn1c2cc[nH]c(=O)c2c2c3ccccc3ncc21. The number of nitrogens with one attached hydrogen (secondary N) is 1. The van der Waals surface area contributed by atoms with E-state index in [0.29, 0.717) is 0 Å². The van der Waals surface area contributed by atoms with Crippen molar-refractivity contribution < 1.29 is 0 Å². The van der Waals surface area contributed by atoms with E-state index in [2.05, 4.69) is 9.97 Å². The lowest BCUT2D eigenvalue weighted by molar-refractivity contribution is 1.01. The van der Waals surface area contributed by atoms with Crippen LogP contribution in [0.5, 0.6) is 0 Å². The second-order valence-electron chi connectivity index (χ2n) is 4.66. The van der Waals surface area contributed by atoms with Gasteiger partial charge in [0, 0.05) is 24.0 Å². The quantitative estimate of drug-likeness (QED) is 0.520. The van der Waals surface area contributed by atoms with Gasteiger partial charge in [0.1, 0.15) is 0 Å². The van der Waals surface area contributed by atoms with Gasteiger partial charge in [-0.3, -0.25) is 9.78 Å². The van der Waals surface area contributed by atoms with Crippen LogP contribution in [0.4, 0.5) is 0 Å². The van der Waals surface area contributed by atoms with Crippen molar-refractivity contribution in [3.8, 4) is 0 Å². The van der Waals surface area contributed by atoms with Crippen LogP contribution in [0, 0.1) is 0 Å². The van der Waals surface area contributed by atoms with Crippen molar-refractivity contribution in [2.75, 3.05) is 0 Å². The van der Waals surface area contributed by atoms with E-state index in [1.807, 2.05) is 48.1 Å². The highest BCUT2D eigenvalue weighted by Gasteiger charge is 2.13. The smallest absolute Gasteiger partial charge is 0.258 e. The molecule has 3 heterocycles. The van der Waals surface area contributed by atoms with Crippen LogP contribution >= 0.6 is 0 Å². The van der Waals surface area contributed by atoms with Gasteiger partial charge in [-0.05, 0) is 12.1 Å². The number of hydrogen-bond acceptors (Lipinski definition) is 2. The molecular formula is C15H11N3O. The number of para-hydroxylation sites is 1. The molecule has 0 aliphatic heterocycles.